The summed E-state index contributed by atoms with van der Waals surface area (Å²) in [7, 11) is 2.80. The average Bonchev–Trinajstić information content (AvgIpc) is 2.79. The molecular weight excluding hydrogens is 517 g/mol. The molecule has 2 aromatic rings. The first-order valence-electron chi connectivity index (χ1n) is 10.6. The molecule has 10 nitrogen and oxygen atoms in total. The molecule has 2 N–H and O–H groups in total. The van der Waals surface area contributed by atoms with Crippen LogP contribution < -0.4 is 16.2 Å². The first kappa shape index (κ1) is 27.0. The van der Waals surface area contributed by atoms with Crippen LogP contribution in [0.4, 0.5) is 16.6 Å². The second kappa shape index (κ2) is 10.5. The van der Waals surface area contributed by atoms with Gasteiger partial charge in [-0.05, 0) is 32.9 Å². The van der Waals surface area contributed by atoms with E-state index in [0.29, 0.717) is 21.5 Å². The van der Waals surface area contributed by atoms with Crippen molar-refractivity contribution in [2.75, 3.05) is 37.4 Å². The van der Waals surface area contributed by atoms with E-state index in [1.54, 1.807) is 50.9 Å². The highest BCUT2D eigenvalue weighted by molar-refractivity contribution is 7.99. The lowest BCUT2D eigenvalue weighted by molar-refractivity contribution is -0.147. The first-order chi connectivity index (χ1) is 16.3. The number of esters is 1. The molecule has 0 spiro atoms. The van der Waals surface area contributed by atoms with E-state index in [2.05, 4.69) is 4.98 Å². The van der Waals surface area contributed by atoms with Crippen molar-refractivity contribution >= 4 is 58.8 Å². The van der Waals surface area contributed by atoms with Gasteiger partial charge in [0.05, 0.1) is 23.7 Å². The number of carbonyl (C=O) groups excluding carboxylic acids is 2. The Balaban J connectivity index is 1.91. The van der Waals surface area contributed by atoms with Crippen LogP contribution in [0.1, 0.15) is 20.8 Å². The maximum Gasteiger partial charge on any atom is 0.411 e. The number of methoxy groups -OCH3 is 1. The molecule has 1 saturated heterocycles. The summed E-state index contributed by atoms with van der Waals surface area (Å²) in [5, 5.41) is 0.664. The van der Waals surface area contributed by atoms with Crippen molar-refractivity contribution in [1.29, 1.82) is 0 Å². The van der Waals surface area contributed by atoms with Gasteiger partial charge in [-0.15, -0.1) is 0 Å². The zero-order chi connectivity index (χ0) is 26.1. The Bertz CT molecular complexity index is 1200. The predicted octanol–water partition coefficient (Wildman–Crippen LogP) is 3.42. The Hall–Kier alpha value is -2.63. The highest BCUT2D eigenvalue weighted by Crippen LogP contribution is 2.37. The number of nitrogens with zero attached hydrogens (tertiary/aromatic N) is 4. The van der Waals surface area contributed by atoms with Crippen LogP contribution in [0.15, 0.2) is 32.8 Å². The van der Waals surface area contributed by atoms with Crippen LogP contribution in [0.5, 0.6) is 0 Å². The van der Waals surface area contributed by atoms with E-state index in [4.69, 9.17) is 38.4 Å². The first-order valence-corrected chi connectivity index (χ1v) is 12.2. The molecule has 1 amide bonds. The van der Waals surface area contributed by atoms with Gasteiger partial charge in [0.15, 0.2) is 6.04 Å². The fourth-order valence-corrected chi connectivity index (χ4v) is 4.89. The van der Waals surface area contributed by atoms with Crippen LogP contribution >= 0.6 is 35.0 Å². The third-order valence-corrected chi connectivity index (χ3v) is 7.22. The summed E-state index contributed by atoms with van der Waals surface area (Å²) in [4.78, 5) is 46.6. The number of halogens is 2. The number of nitrogen functional groups attached to an aromatic ring is 1. The molecule has 3 rings (SSSR count). The maximum atomic E-state index is 13.2. The molecule has 13 heteroatoms. The van der Waals surface area contributed by atoms with E-state index < -0.39 is 29.3 Å². The summed E-state index contributed by atoms with van der Waals surface area (Å²) < 4.78 is 11.7. The molecular formula is C22H27Cl2N5O5S. The molecule has 0 bridgehead atoms. The SMILES string of the molecule is COC(=O)[C@H]1CN(c2nc(N)c(Sc3cccc(Cl)c3Cl)c(=O)n2C)CCN1C(=O)OC(C)(C)C. The topological polar surface area (TPSA) is 120 Å². The van der Waals surface area contributed by atoms with Crippen LogP contribution in [0, 0.1) is 0 Å². The molecule has 1 fully saturated rings. The molecule has 0 unspecified atom stereocenters. The summed E-state index contributed by atoms with van der Waals surface area (Å²) in [6.07, 6.45) is -0.626. The molecule has 1 aliphatic rings. The number of aromatic nitrogens is 2. The zero-order valence-electron chi connectivity index (χ0n) is 20.0. The zero-order valence-corrected chi connectivity index (χ0v) is 22.3. The summed E-state index contributed by atoms with van der Waals surface area (Å²) in [5.41, 5.74) is 5.06. The number of rotatable bonds is 4. The molecule has 1 atom stereocenters. The van der Waals surface area contributed by atoms with Gasteiger partial charge < -0.3 is 20.1 Å². The fraction of sp³-hybridized carbons (Fsp3) is 0.455. The monoisotopic (exact) mass is 543 g/mol. The number of anilines is 2. The van der Waals surface area contributed by atoms with Crippen LogP contribution in [-0.2, 0) is 21.3 Å². The molecule has 35 heavy (non-hydrogen) atoms. The molecule has 1 aliphatic heterocycles. The van der Waals surface area contributed by atoms with Crippen molar-refractivity contribution in [3.63, 3.8) is 0 Å². The Morgan fingerprint density at radius 2 is 1.91 bits per heavy atom. The van der Waals surface area contributed by atoms with Crippen LogP contribution in [0.2, 0.25) is 10.0 Å². The molecule has 190 valence electrons. The second-order valence-electron chi connectivity index (χ2n) is 8.80. The molecule has 1 aromatic carbocycles. The number of hydrogen-bond acceptors (Lipinski definition) is 9. The maximum absolute atomic E-state index is 13.2. The summed E-state index contributed by atoms with van der Waals surface area (Å²) >= 11 is 13.4. The molecule has 0 aliphatic carbocycles. The predicted molar refractivity (Wildman–Crippen MR) is 135 cm³/mol. The average molecular weight is 544 g/mol. The lowest BCUT2D eigenvalue weighted by Gasteiger charge is -2.40. The van der Waals surface area contributed by atoms with Crippen LogP contribution in [0.3, 0.4) is 0 Å². The smallest absolute Gasteiger partial charge is 0.411 e. The van der Waals surface area contributed by atoms with Crippen molar-refractivity contribution in [2.24, 2.45) is 7.05 Å². The van der Waals surface area contributed by atoms with E-state index in [1.165, 1.54) is 16.6 Å². The summed E-state index contributed by atoms with van der Waals surface area (Å²) in [6.45, 7) is 5.71. The van der Waals surface area contributed by atoms with E-state index in [9.17, 15) is 14.4 Å². The highest BCUT2D eigenvalue weighted by atomic mass is 35.5. The van der Waals surface area contributed by atoms with Gasteiger partial charge in [-0.3, -0.25) is 14.3 Å². The van der Waals surface area contributed by atoms with Gasteiger partial charge in [0, 0.05) is 25.0 Å². The standard InChI is InChI=1S/C22H27Cl2N5O5S/c1-22(2,3)34-21(32)29-10-9-28(11-13(29)19(31)33-5)20-26-17(25)16(18(30)27(20)4)35-14-8-6-7-12(23)15(14)24/h6-8,13H,9-11,25H2,1-5H3/t13-/m1/s1. The third kappa shape index (κ3) is 5.96. The molecule has 0 saturated carbocycles. The fourth-order valence-electron chi connectivity index (χ4n) is 3.48. The van der Waals surface area contributed by atoms with Gasteiger partial charge in [-0.2, -0.15) is 4.98 Å². The lowest BCUT2D eigenvalue weighted by atomic mass is 10.1. The minimum atomic E-state index is -0.957. The third-order valence-electron chi connectivity index (χ3n) is 5.14. The Morgan fingerprint density at radius 3 is 2.54 bits per heavy atom. The minimum absolute atomic E-state index is 0.00771. The Kier molecular flexibility index (Phi) is 8.13. The van der Waals surface area contributed by atoms with E-state index in [-0.39, 0.29) is 29.8 Å². The highest BCUT2D eigenvalue weighted by Gasteiger charge is 2.39. The number of hydrogen-bond donors (Lipinski definition) is 1. The second-order valence-corrected chi connectivity index (χ2v) is 10.6. The minimum Gasteiger partial charge on any atom is -0.467 e. The van der Waals surface area contributed by atoms with Crippen LogP contribution in [-0.4, -0.2) is 64.9 Å². The lowest BCUT2D eigenvalue weighted by Crippen LogP contribution is -2.60. The largest absolute Gasteiger partial charge is 0.467 e. The van der Waals surface area contributed by atoms with Crippen molar-refractivity contribution in [3.8, 4) is 0 Å². The van der Waals surface area contributed by atoms with E-state index >= 15 is 0 Å². The van der Waals surface area contributed by atoms with E-state index in [1.807, 2.05) is 0 Å². The van der Waals surface area contributed by atoms with Crippen molar-refractivity contribution in [1.82, 2.24) is 14.5 Å². The van der Waals surface area contributed by atoms with Gasteiger partial charge in [-0.1, -0.05) is 41.0 Å². The Labute approximate surface area is 217 Å². The number of ether oxygens (including phenoxy) is 2. The van der Waals surface area contributed by atoms with Gasteiger partial charge in [-0.25, -0.2) is 9.59 Å². The normalized spacial score (nSPS) is 16.3. The number of benzene rings is 1. The van der Waals surface area contributed by atoms with Crippen molar-refractivity contribution in [2.45, 2.75) is 42.2 Å². The molecule has 0 radical (unpaired) electrons. The van der Waals surface area contributed by atoms with Crippen molar-refractivity contribution < 1.29 is 19.1 Å². The van der Waals surface area contributed by atoms with Crippen LogP contribution in [0.25, 0.3) is 0 Å². The Morgan fingerprint density at radius 1 is 1.23 bits per heavy atom. The van der Waals surface area contributed by atoms with Gasteiger partial charge in [0.25, 0.3) is 5.56 Å². The van der Waals surface area contributed by atoms with Crippen molar-refractivity contribution in [3.05, 3.63) is 38.6 Å². The summed E-state index contributed by atoms with van der Waals surface area (Å²) in [6, 6.07) is 4.13. The number of nitrogens with two attached hydrogens (primary N) is 1. The van der Waals surface area contributed by atoms with Gasteiger partial charge in [0.2, 0.25) is 5.95 Å². The van der Waals surface area contributed by atoms with Gasteiger partial charge >= 0.3 is 12.1 Å². The molecule has 2 heterocycles. The number of piperazine rings is 1. The molecule has 1 aromatic heterocycles. The number of carbonyl (C=O) groups is 2. The van der Waals surface area contributed by atoms with E-state index in [0.717, 1.165) is 11.8 Å². The van der Waals surface area contributed by atoms with Gasteiger partial charge in [0.1, 0.15) is 16.3 Å². The summed E-state index contributed by atoms with van der Waals surface area (Å²) in [5.74, 6) is -0.346. The number of amides is 1. The quantitative estimate of drug-likeness (QED) is 0.578.